The van der Waals surface area contributed by atoms with Crippen molar-refractivity contribution in [3.8, 4) is 6.07 Å². The molecule has 180 valence electrons. The molecular formula is C25H16BrClN4O4S. The topological polar surface area (TPSA) is 116 Å². The molecule has 4 rings (SSSR count). The van der Waals surface area contributed by atoms with Crippen molar-refractivity contribution in [1.29, 1.82) is 5.26 Å². The maximum Gasteiger partial charge on any atom is 0.269 e. The van der Waals surface area contributed by atoms with Crippen LogP contribution in [0.25, 0.3) is 0 Å². The summed E-state index contributed by atoms with van der Waals surface area (Å²) in [7, 11) is 0. The fourth-order valence-corrected chi connectivity index (χ4v) is 5.25. The number of non-ortho nitro benzene ring substituents is 1. The van der Waals surface area contributed by atoms with Gasteiger partial charge in [-0.25, -0.2) is 0 Å². The van der Waals surface area contributed by atoms with Crippen molar-refractivity contribution in [2.45, 2.75) is 11.7 Å². The first kappa shape index (κ1) is 25.4. The smallest absolute Gasteiger partial charge is 0.269 e. The summed E-state index contributed by atoms with van der Waals surface area (Å²) >= 11 is 10.4. The standard InChI is InChI=1S/C25H16BrClN4O4S/c26-16-4-8-18(9-5-16)29-23(32)21(14-28)25-30(19-10-6-17(27)7-11-19)24(33)22(36-25)13-15-2-1-3-20(12-15)31(34)35/h1-12,22H,13H2,(H,29,32). The maximum atomic E-state index is 13.5. The molecule has 0 aromatic heterocycles. The van der Waals surface area contributed by atoms with E-state index in [0.29, 0.717) is 22.0 Å². The summed E-state index contributed by atoms with van der Waals surface area (Å²) in [5.41, 5.74) is 1.20. The number of nitrogens with one attached hydrogen (secondary N) is 1. The van der Waals surface area contributed by atoms with Crippen LogP contribution in [0.2, 0.25) is 5.02 Å². The summed E-state index contributed by atoms with van der Waals surface area (Å²) in [6.07, 6.45) is 0.172. The van der Waals surface area contributed by atoms with Gasteiger partial charge in [0.15, 0.2) is 0 Å². The molecule has 0 radical (unpaired) electrons. The van der Waals surface area contributed by atoms with E-state index in [0.717, 1.165) is 16.2 Å². The molecular weight excluding hydrogens is 568 g/mol. The number of benzene rings is 3. The lowest BCUT2D eigenvalue weighted by molar-refractivity contribution is -0.384. The van der Waals surface area contributed by atoms with Gasteiger partial charge >= 0.3 is 0 Å². The normalized spacial score (nSPS) is 16.4. The molecule has 0 saturated carbocycles. The van der Waals surface area contributed by atoms with Crippen molar-refractivity contribution < 1.29 is 14.5 Å². The number of nitro benzene ring substituents is 1. The van der Waals surface area contributed by atoms with Crippen LogP contribution >= 0.6 is 39.3 Å². The third-order valence-electron chi connectivity index (χ3n) is 5.23. The van der Waals surface area contributed by atoms with E-state index in [-0.39, 0.29) is 28.6 Å². The number of nitro groups is 1. The van der Waals surface area contributed by atoms with Crippen LogP contribution in [0.1, 0.15) is 5.56 Å². The minimum absolute atomic E-state index is 0.0835. The molecule has 3 aromatic carbocycles. The second kappa shape index (κ2) is 11.0. The molecule has 1 N–H and O–H groups in total. The molecule has 11 heteroatoms. The van der Waals surface area contributed by atoms with Gasteiger partial charge in [0.2, 0.25) is 5.91 Å². The highest BCUT2D eigenvalue weighted by atomic mass is 79.9. The van der Waals surface area contributed by atoms with Crippen molar-refractivity contribution >= 4 is 68.2 Å². The van der Waals surface area contributed by atoms with Gasteiger partial charge in [-0.2, -0.15) is 5.26 Å². The quantitative estimate of drug-likeness (QED) is 0.163. The molecule has 1 saturated heterocycles. The van der Waals surface area contributed by atoms with Crippen LogP contribution in [0.4, 0.5) is 17.1 Å². The molecule has 0 aliphatic carbocycles. The maximum absolute atomic E-state index is 13.5. The Kier molecular flexibility index (Phi) is 7.74. The van der Waals surface area contributed by atoms with Crippen molar-refractivity contribution in [2.24, 2.45) is 0 Å². The molecule has 1 unspecified atom stereocenters. The molecule has 1 fully saturated rings. The van der Waals surface area contributed by atoms with E-state index >= 15 is 0 Å². The Bertz CT molecular complexity index is 1420. The Morgan fingerprint density at radius 2 is 1.86 bits per heavy atom. The predicted molar refractivity (Wildman–Crippen MR) is 143 cm³/mol. The average molecular weight is 584 g/mol. The first-order chi connectivity index (χ1) is 17.3. The van der Waals surface area contributed by atoms with Crippen LogP contribution in [0.5, 0.6) is 0 Å². The van der Waals surface area contributed by atoms with E-state index in [9.17, 15) is 25.0 Å². The number of amides is 2. The van der Waals surface area contributed by atoms with Gasteiger partial charge in [0.1, 0.15) is 16.7 Å². The molecule has 8 nitrogen and oxygen atoms in total. The zero-order chi connectivity index (χ0) is 25.8. The van der Waals surface area contributed by atoms with Gasteiger partial charge < -0.3 is 5.32 Å². The largest absolute Gasteiger partial charge is 0.321 e. The van der Waals surface area contributed by atoms with Crippen LogP contribution < -0.4 is 10.2 Å². The van der Waals surface area contributed by atoms with Crippen LogP contribution in [-0.2, 0) is 16.0 Å². The zero-order valence-electron chi connectivity index (χ0n) is 18.4. The third kappa shape index (κ3) is 5.60. The van der Waals surface area contributed by atoms with Gasteiger partial charge in [0.25, 0.3) is 11.6 Å². The van der Waals surface area contributed by atoms with Crippen molar-refractivity contribution in [3.05, 3.63) is 109 Å². The molecule has 0 bridgehead atoms. The molecule has 1 heterocycles. The fourth-order valence-electron chi connectivity index (χ4n) is 3.55. The monoisotopic (exact) mass is 582 g/mol. The van der Waals surface area contributed by atoms with E-state index in [1.54, 1.807) is 60.7 Å². The molecule has 36 heavy (non-hydrogen) atoms. The minimum atomic E-state index is -0.707. The van der Waals surface area contributed by atoms with Crippen molar-refractivity contribution in [3.63, 3.8) is 0 Å². The first-order valence-electron chi connectivity index (χ1n) is 10.5. The average Bonchev–Trinajstić information content (AvgIpc) is 3.17. The Morgan fingerprint density at radius 1 is 1.17 bits per heavy atom. The third-order valence-corrected chi connectivity index (χ3v) is 7.28. The molecule has 3 aromatic rings. The molecule has 1 atom stereocenters. The Labute approximate surface area is 223 Å². The fraction of sp³-hybridized carbons (Fsp3) is 0.0800. The molecule has 0 spiro atoms. The second-order valence-corrected chi connectivity index (χ2v) is 10.2. The number of halogens is 2. The van der Waals surface area contributed by atoms with E-state index in [4.69, 9.17) is 11.6 Å². The predicted octanol–water partition coefficient (Wildman–Crippen LogP) is 6.08. The van der Waals surface area contributed by atoms with Crippen LogP contribution in [0.3, 0.4) is 0 Å². The van der Waals surface area contributed by atoms with Gasteiger partial charge in [-0.1, -0.05) is 51.4 Å². The number of carbonyl (C=O) groups excluding carboxylic acids is 2. The second-order valence-electron chi connectivity index (χ2n) is 7.64. The van der Waals surface area contributed by atoms with Gasteiger partial charge in [-0.15, -0.1) is 0 Å². The summed E-state index contributed by atoms with van der Waals surface area (Å²) in [5, 5.41) is 23.7. The zero-order valence-corrected chi connectivity index (χ0v) is 21.5. The molecule has 2 amide bonds. The number of hydrogen-bond donors (Lipinski definition) is 1. The molecule has 1 aliphatic rings. The van der Waals surface area contributed by atoms with Gasteiger partial charge in [0, 0.05) is 33.0 Å². The number of nitriles is 1. The van der Waals surface area contributed by atoms with Gasteiger partial charge in [-0.05, 0) is 60.5 Å². The van der Waals surface area contributed by atoms with E-state index in [2.05, 4.69) is 21.2 Å². The van der Waals surface area contributed by atoms with Crippen LogP contribution in [-0.4, -0.2) is 22.0 Å². The lowest BCUT2D eigenvalue weighted by Gasteiger charge is -2.19. The summed E-state index contributed by atoms with van der Waals surface area (Å²) in [4.78, 5) is 38.6. The van der Waals surface area contributed by atoms with Crippen molar-refractivity contribution in [2.75, 3.05) is 10.2 Å². The highest BCUT2D eigenvalue weighted by molar-refractivity contribution is 9.10. The summed E-state index contributed by atoms with van der Waals surface area (Å²) in [6, 6.07) is 21.3. The highest BCUT2D eigenvalue weighted by Gasteiger charge is 2.41. The van der Waals surface area contributed by atoms with E-state index < -0.39 is 16.1 Å². The number of anilines is 2. The SMILES string of the molecule is N#CC(C(=O)Nc1ccc(Br)cc1)=C1SC(Cc2cccc([N+](=O)[O-])c2)C(=O)N1c1ccc(Cl)cc1. The number of thioether (sulfide) groups is 1. The summed E-state index contributed by atoms with van der Waals surface area (Å²) < 4.78 is 0.828. The van der Waals surface area contributed by atoms with E-state index in [1.807, 2.05) is 6.07 Å². The van der Waals surface area contributed by atoms with Crippen LogP contribution in [0.15, 0.2) is 87.9 Å². The number of hydrogen-bond acceptors (Lipinski definition) is 6. The molecule has 1 aliphatic heterocycles. The minimum Gasteiger partial charge on any atom is -0.321 e. The Balaban J connectivity index is 1.72. The number of nitrogens with zero attached hydrogens (tertiary/aromatic N) is 3. The van der Waals surface area contributed by atoms with Gasteiger partial charge in [0.05, 0.1) is 10.2 Å². The lowest BCUT2D eigenvalue weighted by Crippen LogP contribution is -2.30. The summed E-state index contributed by atoms with van der Waals surface area (Å²) in [5.74, 6) is -1.02. The number of rotatable bonds is 6. The van der Waals surface area contributed by atoms with Crippen LogP contribution in [0, 0.1) is 21.4 Å². The van der Waals surface area contributed by atoms with Gasteiger partial charge in [-0.3, -0.25) is 24.6 Å². The number of carbonyl (C=O) groups is 2. The Hall–Kier alpha value is -3.65. The Morgan fingerprint density at radius 3 is 2.50 bits per heavy atom. The highest BCUT2D eigenvalue weighted by Crippen LogP contribution is 2.42. The van der Waals surface area contributed by atoms with E-state index in [1.165, 1.54) is 17.0 Å². The summed E-state index contributed by atoms with van der Waals surface area (Å²) in [6.45, 7) is 0. The lowest BCUT2D eigenvalue weighted by atomic mass is 10.1. The first-order valence-corrected chi connectivity index (χ1v) is 12.5. The van der Waals surface area contributed by atoms with Crippen molar-refractivity contribution in [1.82, 2.24) is 0 Å².